The Bertz CT molecular complexity index is 794. The van der Waals surface area contributed by atoms with E-state index in [1.54, 1.807) is 14.0 Å². The Labute approximate surface area is 120 Å². The zero-order chi connectivity index (χ0) is 15.8. The second-order valence-corrected chi connectivity index (χ2v) is 5.97. The fourth-order valence-electron chi connectivity index (χ4n) is 1.64. The molecule has 2 aromatic rings. The number of aryl methyl sites for hydroxylation is 2. The Morgan fingerprint density at radius 1 is 1.43 bits per heavy atom. The number of carboxylic acid groups (broad SMARTS) is 1. The molecule has 0 atom stereocenters. The SMILES string of the molecule is Cc1nc(S(=O)(=O)Nc2ccc(F)cc2C(=O)O)cn1C. The third-order valence-electron chi connectivity index (χ3n) is 2.82. The smallest absolute Gasteiger partial charge is 0.337 e. The first-order chi connectivity index (χ1) is 9.70. The first kappa shape index (κ1) is 15.0. The lowest BCUT2D eigenvalue weighted by Crippen LogP contribution is -2.16. The van der Waals surface area contributed by atoms with Gasteiger partial charge in [0.05, 0.1) is 11.3 Å². The number of imidazole rings is 1. The lowest BCUT2D eigenvalue weighted by atomic mass is 10.2. The van der Waals surface area contributed by atoms with Crippen LogP contribution in [-0.2, 0) is 17.1 Å². The van der Waals surface area contributed by atoms with Crippen LogP contribution in [0.2, 0.25) is 0 Å². The van der Waals surface area contributed by atoms with Crippen molar-refractivity contribution in [3.8, 4) is 0 Å². The maximum absolute atomic E-state index is 13.1. The molecular formula is C12H12FN3O4S. The van der Waals surface area contributed by atoms with E-state index in [1.165, 1.54) is 10.8 Å². The minimum Gasteiger partial charge on any atom is -0.478 e. The molecule has 0 amide bonds. The third kappa shape index (κ3) is 3.02. The molecule has 7 nitrogen and oxygen atoms in total. The van der Waals surface area contributed by atoms with Crippen LogP contribution in [0.3, 0.4) is 0 Å². The third-order valence-corrected chi connectivity index (χ3v) is 4.05. The topological polar surface area (TPSA) is 101 Å². The molecule has 21 heavy (non-hydrogen) atoms. The number of sulfonamides is 1. The monoisotopic (exact) mass is 313 g/mol. The van der Waals surface area contributed by atoms with Crippen LogP contribution >= 0.6 is 0 Å². The van der Waals surface area contributed by atoms with Crippen LogP contribution in [0.1, 0.15) is 16.2 Å². The number of halogens is 1. The van der Waals surface area contributed by atoms with Crippen molar-refractivity contribution in [3.05, 3.63) is 41.6 Å². The van der Waals surface area contributed by atoms with E-state index in [0.717, 1.165) is 18.2 Å². The van der Waals surface area contributed by atoms with Gasteiger partial charge in [-0.2, -0.15) is 8.42 Å². The van der Waals surface area contributed by atoms with Crippen molar-refractivity contribution in [2.45, 2.75) is 11.9 Å². The fraction of sp³-hybridized carbons (Fsp3) is 0.167. The molecule has 0 unspecified atom stereocenters. The van der Waals surface area contributed by atoms with Crippen LogP contribution in [0.15, 0.2) is 29.4 Å². The molecule has 1 aromatic heterocycles. The van der Waals surface area contributed by atoms with Gasteiger partial charge >= 0.3 is 5.97 Å². The van der Waals surface area contributed by atoms with Crippen molar-refractivity contribution >= 4 is 21.7 Å². The maximum Gasteiger partial charge on any atom is 0.337 e. The van der Waals surface area contributed by atoms with Crippen LogP contribution in [0.4, 0.5) is 10.1 Å². The van der Waals surface area contributed by atoms with E-state index >= 15 is 0 Å². The molecule has 0 spiro atoms. The fourth-order valence-corrected chi connectivity index (χ4v) is 2.76. The van der Waals surface area contributed by atoms with E-state index in [2.05, 4.69) is 9.71 Å². The van der Waals surface area contributed by atoms with Gasteiger partial charge in [-0.3, -0.25) is 4.72 Å². The number of hydrogen-bond acceptors (Lipinski definition) is 4. The molecule has 1 heterocycles. The standard InChI is InChI=1S/C12H12FN3O4S/c1-7-14-11(6-16(7)2)21(19,20)15-10-4-3-8(13)5-9(10)12(17)18/h3-6,15H,1-2H3,(H,17,18). The summed E-state index contributed by atoms with van der Waals surface area (Å²) in [6.07, 6.45) is 1.29. The summed E-state index contributed by atoms with van der Waals surface area (Å²) in [5.41, 5.74) is -0.710. The van der Waals surface area contributed by atoms with Gasteiger partial charge in [0.1, 0.15) is 11.6 Å². The lowest BCUT2D eigenvalue weighted by molar-refractivity contribution is 0.0697. The number of carboxylic acids is 1. The molecule has 2 N–H and O–H groups in total. The average molecular weight is 313 g/mol. The normalized spacial score (nSPS) is 11.4. The number of aromatic nitrogens is 2. The Balaban J connectivity index is 2.44. The Kier molecular flexibility index (Phi) is 3.69. The van der Waals surface area contributed by atoms with E-state index in [0.29, 0.717) is 5.82 Å². The van der Waals surface area contributed by atoms with E-state index in [1.807, 2.05) is 0 Å². The lowest BCUT2D eigenvalue weighted by Gasteiger charge is -2.08. The van der Waals surface area contributed by atoms with Crippen molar-refractivity contribution in [3.63, 3.8) is 0 Å². The summed E-state index contributed by atoms with van der Waals surface area (Å²) in [5, 5.41) is 8.74. The van der Waals surface area contributed by atoms with E-state index in [-0.39, 0.29) is 10.7 Å². The van der Waals surface area contributed by atoms with Gasteiger partial charge < -0.3 is 9.67 Å². The largest absolute Gasteiger partial charge is 0.478 e. The average Bonchev–Trinajstić information content (AvgIpc) is 2.72. The first-order valence-corrected chi connectivity index (χ1v) is 7.24. The minimum atomic E-state index is -4.05. The molecule has 2 rings (SSSR count). The van der Waals surface area contributed by atoms with Crippen LogP contribution in [0, 0.1) is 12.7 Å². The van der Waals surface area contributed by atoms with Crippen LogP contribution in [-0.4, -0.2) is 29.0 Å². The highest BCUT2D eigenvalue weighted by atomic mass is 32.2. The summed E-state index contributed by atoms with van der Waals surface area (Å²) in [5.74, 6) is -1.73. The van der Waals surface area contributed by atoms with E-state index in [9.17, 15) is 17.6 Å². The number of hydrogen-bond donors (Lipinski definition) is 2. The van der Waals surface area contributed by atoms with E-state index in [4.69, 9.17) is 5.11 Å². The Morgan fingerprint density at radius 2 is 2.10 bits per heavy atom. The number of nitrogens with zero attached hydrogens (tertiary/aromatic N) is 2. The molecular weight excluding hydrogens is 301 g/mol. The summed E-state index contributed by atoms with van der Waals surface area (Å²) in [6, 6.07) is 2.75. The predicted molar refractivity (Wildman–Crippen MR) is 72.1 cm³/mol. The van der Waals surface area contributed by atoms with Crippen molar-refractivity contribution in [1.82, 2.24) is 9.55 Å². The summed E-state index contributed by atoms with van der Waals surface area (Å²) in [4.78, 5) is 14.9. The Hall–Kier alpha value is -2.42. The van der Waals surface area contributed by atoms with Crippen LogP contribution in [0.5, 0.6) is 0 Å². The van der Waals surface area contributed by atoms with Crippen LogP contribution < -0.4 is 4.72 Å². The molecule has 1 aromatic carbocycles. The zero-order valence-electron chi connectivity index (χ0n) is 11.2. The minimum absolute atomic E-state index is 0.229. The molecule has 112 valence electrons. The van der Waals surface area contributed by atoms with Gasteiger partial charge in [-0.1, -0.05) is 0 Å². The molecule has 0 fully saturated rings. The van der Waals surface area contributed by atoms with Crippen molar-refractivity contribution in [1.29, 1.82) is 0 Å². The highest BCUT2D eigenvalue weighted by molar-refractivity contribution is 7.92. The number of nitrogens with one attached hydrogen (secondary N) is 1. The second-order valence-electron chi connectivity index (χ2n) is 4.34. The number of anilines is 1. The van der Waals surface area contributed by atoms with E-state index < -0.39 is 27.4 Å². The molecule has 0 aliphatic heterocycles. The molecule has 0 saturated heterocycles. The summed E-state index contributed by atoms with van der Waals surface area (Å²) in [6.45, 7) is 1.62. The second kappa shape index (κ2) is 5.17. The van der Waals surface area contributed by atoms with Crippen molar-refractivity contribution in [2.75, 3.05) is 4.72 Å². The quantitative estimate of drug-likeness (QED) is 0.887. The molecule has 0 saturated carbocycles. The van der Waals surface area contributed by atoms with Gasteiger partial charge in [0.25, 0.3) is 10.0 Å². The number of benzene rings is 1. The zero-order valence-corrected chi connectivity index (χ0v) is 12.0. The van der Waals surface area contributed by atoms with Crippen LogP contribution in [0.25, 0.3) is 0 Å². The number of aromatic carboxylic acids is 1. The molecule has 0 aliphatic rings. The number of carbonyl (C=O) groups is 1. The molecule has 0 bridgehead atoms. The summed E-state index contributed by atoms with van der Waals surface area (Å²) < 4.78 is 41.0. The summed E-state index contributed by atoms with van der Waals surface area (Å²) in [7, 11) is -2.42. The highest BCUT2D eigenvalue weighted by Gasteiger charge is 2.21. The van der Waals surface area contributed by atoms with Gasteiger partial charge in [0.2, 0.25) is 0 Å². The van der Waals surface area contributed by atoms with Gasteiger partial charge in [-0.15, -0.1) is 0 Å². The molecule has 0 radical (unpaired) electrons. The first-order valence-electron chi connectivity index (χ1n) is 5.76. The Morgan fingerprint density at radius 3 is 2.62 bits per heavy atom. The number of rotatable bonds is 4. The summed E-state index contributed by atoms with van der Waals surface area (Å²) >= 11 is 0. The van der Waals surface area contributed by atoms with Gasteiger partial charge in [0, 0.05) is 13.2 Å². The van der Waals surface area contributed by atoms with Crippen molar-refractivity contribution < 1.29 is 22.7 Å². The van der Waals surface area contributed by atoms with Crippen molar-refractivity contribution in [2.24, 2.45) is 7.05 Å². The van der Waals surface area contributed by atoms with Gasteiger partial charge in [-0.05, 0) is 25.1 Å². The highest BCUT2D eigenvalue weighted by Crippen LogP contribution is 2.21. The molecule has 9 heteroatoms. The predicted octanol–water partition coefficient (Wildman–Crippen LogP) is 1.37. The van der Waals surface area contributed by atoms with Gasteiger partial charge in [0.15, 0.2) is 5.03 Å². The van der Waals surface area contributed by atoms with Gasteiger partial charge in [-0.25, -0.2) is 14.2 Å². The molecule has 0 aliphatic carbocycles. The maximum atomic E-state index is 13.1.